The van der Waals surface area contributed by atoms with Gasteiger partial charge in [0.05, 0.1) is 20.3 Å². The highest BCUT2D eigenvalue weighted by molar-refractivity contribution is 5.81. The Bertz CT molecular complexity index is 447. The average Bonchev–Trinajstić information content (AvgIpc) is 2.43. The van der Waals surface area contributed by atoms with E-state index < -0.39 is 6.04 Å². The molecule has 0 aliphatic heterocycles. The second kappa shape index (κ2) is 7.75. The SMILES string of the molecule is COc1ccc(CNC(=O)[C@@H](N)CC(C)C)c(OC)c1. The number of hydrogen-bond acceptors (Lipinski definition) is 4. The summed E-state index contributed by atoms with van der Waals surface area (Å²) in [6.45, 7) is 4.47. The summed E-state index contributed by atoms with van der Waals surface area (Å²) < 4.78 is 10.4. The smallest absolute Gasteiger partial charge is 0.237 e. The number of hydrogen-bond donors (Lipinski definition) is 2. The van der Waals surface area contributed by atoms with E-state index in [9.17, 15) is 4.79 Å². The van der Waals surface area contributed by atoms with Crippen molar-refractivity contribution in [2.24, 2.45) is 11.7 Å². The van der Waals surface area contributed by atoms with Gasteiger partial charge < -0.3 is 20.5 Å². The first-order chi connectivity index (χ1) is 9.47. The predicted molar refractivity (Wildman–Crippen MR) is 78.8 cm³/mol. The summed E-state index contributed by atoms with van der Waals surface area (Å²) in [5.74, 6) is 1.65. The van der Waals surface area contributed by atoms with Crippen molar-refractivity contribution in [3.8, 4) is 11.5 Å². The van der Waals surface area contributed by atoms with Crippen molar-refractivity contribution in [2.75, 3.05) is 14.2 Å². The molecule has 1 amide bonds. The molecule has 5 nitrogen and oxygen atoms in total. The number of rotatable bonds is 7. The molecule has 0 heterocycles. The lowest BCUT2D eigenvalue weighted by atomic mass is 10.0. The number of nitrogens with one attached hydrogen (secondary N) is 1. The molecule has 0 aliphatic rings. The topological polar surface area (TPSA) is 73.6 Å². The summed E-state index contributed by atoms with van der Waals surface area (Å²) >= 11 is 0. The molecule has 3 N–H and O–H groups in total. The van der Waals surface area contributed by atoms with Gasteiger partial charge in [-0.3, -0.25) is 4.79 Å². The van der Waals surface area contributed by atoms with Crippen molar-refractivity contribution in [1.82, 2.24) is 5.32 Å². The number of carbonyl (C=O) groups excluding carboxylic acids is 1. The zero-order valence-electron chi connectivity index (χ0n) is 12.6. The van der Waals surface area contributed by atoms with Crippen LogP contribution in [0.1, 0.15) is 25.8 Å². The Labute approximate surface area is 120 Å². The Balaban J connectivity index is 2.63. The number of nitrogens with two attached hydrogens (primary N) is 1. The molecule has 1 aromatic rings. The van der Waals surface area contributed by atoms with Gasteiger partial charge in [0.1, 0.15) is 11.5 Å². The van der Waals surface area contributed by atoms with Crippen molar-refractivity contribution in [3.05, 3.63) is 23.8 Å². The fourth-order valence-corrected chi connectivity index (χ4v) is 1.93. The number of carbonyl (C=O) groups is 1. The van der Waals surface area contributed by atoms with Crippen molar-refractivity contribution in [3.63, 3.8) is 0 Å². The first-order valence-corrected chi connectivity index (χ1v) is 6.72. The van der Waals surface area contributed by atoms with Crippen LogP contribution in [0.25, 0.3) is 0 Å². The monoisotopic (exact) mass is 280 g/mol. The van der Waals surface area contributed by atoms with Crippen LogP contribution in [0.2, 0.25) is 0 Å². The average molecular weight is 280 g/mol. The Hall–Kier alpha value is -1.75. The molecular formula is C15H24N2O3. The van der Waals surface area contributed by atoms with Crippen LogP contribution in [0.5, 0.6) is 11.5 Å². The van der Waals surface area contributed by atoms with Gasteiger partial charge in [0.2, 0.25) is 5.91 Å². The lowest BCUT2D eigenvalue weighted by molar-refractivity contribution is -0.122. The van der Waals surface area contributed by atoms with E-state index in [1.165, 1.54) is 0 Å². The minimum Gasteiger partial charge on any atom is -0.497 e. The summed E-state index contributed by atoms with van der Waals surface area (Å²) in [7, 11) is 3.19. The van der Waals surface area contributed by atoms with Crippen LogP contribution < -0.4 is 20.5 Å². The lowest BCUT2D eigenvalue weighted by Crippen LogP contribution is -2.41. The second-order valence-electron chi connectivity index (χ2n) is 5.13. The van der Waals surface area contributed by atoms with Crippen molar-refractivity contribution >= 4 is 5.91 Å². The van der Waals surface area contributed by atoms with Gasteiger partial charge in [-0.15, -0.1) is 0 Å². The summed E-state index contributed by atoms with van der Waals surface area (Å²) in [6.07, 6.45) is 0.672. The predicted octanol–water partition coefficient (Wildman–Crippen LogP) is 1.69. The molecule has 5 heteroatoms. The summed E-state index contributed by atoms with van der Waals surface area (Å²) in [6, 6.07) is 5.01. The van der Waals surface area contributed by atoms with Crippen LogP contribution in [0.3, 0.4) is 0 Å². The van der Waals surface area contributed by atoms with Crippen LogP contribution in [-0.4, -0.2) is 26.2 Å². The minimum atomic E-state index is -0.473. The third-order valence-electron chi connectivity index (χ3n) is 3.01. The van der Waals surface area contributed by atoms with Gasteiger partial charge in [0.15, 0.2) is 0 Å². The molecule has 0 radical (unpaired) electrons. The Morgan fingerprint density at radius 1 is 1.30 bits per heavy atom. The molecule has 1 atom stereocenters. The molecule has 112 valence electrons. The van der Waals surface area contributed by atoms with Gasteiger partial charge in [-0.2, -0.15) is 0 Å². The number of amides is 1. The van der Waals surface area contributed by atoms with Crippen LogP contribution in [0.4, 0.5) is 0 Å². The summed E-state index contributed by atoms with van der Waals surface area (Å²) in [5.41, 5.74) is 6.72. The Kier molecular flexibility index (Phi) is 6.31. The summed E-state index contributed by atoms with van der Waals surface area (Å²) in [5, 5.41) is 2.83. The first-order valence-electron chi connectivity index (χ1n) is 6.72. The molecule has 0 unspecified atom stereocenters. The maximum atomic E-state index is 11.9. The van der Waals surface area contributed by atoms with E-state index in [1.54, 1.807) is 20.3 Å². The second-order valence-corrected chi connectivity index (χ2v) is 5.13. The highest BCUT2D eigenvalue weighted by Crippen LogP contribution is 2.24. The minimum absolute atomic E-state index is 0.142. The van der Waals surface area contributed by atoms with Gasteiger partial charge >= 0.3 is 0 Å². The van der Waals surface area contributed by atoms with Gasteiger partial charge in [-0.25, -0.2) is 0 Å². The molecule has 0 aromatic heterocycles. The number of ether oxygens (including phenoxy) is 2. The maximum absolute atomic E-state index is 11.9. The van der Waals surface area contributed by atoms with Crippen LogP contribution in [-0.2, 0) is 11.3 Å². The molecule has 1 aromatic carbocycles. The van der Waals surface area contributed by atoms with Crippen molar-refractivity contribution in [2.45, 2.75) is 32.9 Å². The van der Waals surface area contributed by atoms with Gasteiger partial charge in [0.25, 0.3) is 0 Å². The molecule has 1 rings (SSSR count). The molecule has 0 fully saturated rings. The highest BCUT2D eigenvalue weighted by Gasteiger charge is 2.15. The van der Waals surface area contributed by atoms with Crippen molar-refractivity contribution in [1.29, 1.82) is 0 Å². The fourth-order valence-electron chi connectivity index (χ4n) is 1.93. The molecule has 0 aliphatic carbocycles. The Morgan fingerprint density at radius 2 is 2.00 bits per heavy atom. The van der Waals surface area contributed by atoms with E-state index in [0.29, 0.717) is 30.4 Å². The largest absolute Gasteiger partial charge is 0.497 e. The Morgan fingerprint density at radius 3 is 2.55 bits per heavy atom. The lowest BCUT2D eigenvalue weighted by Gasteiger charge is -2.15. The number of benzene rings is 1. The van der Waals surface area contributed by atoms with Gasteiger partial charge in [-0.05, 0) is 24.5 Å². The van der Waals surface area contributed by atoms with E-state index in [0.717, 1.165) is 5.56 Å². The van der Waals surface area contributed by atoms with Gasteiger partial charge in [-0.1, -0.05) is 13.8 Å². The molecular weight excluding hydrogens is 256 g/mol. The molecule has 20 heavy (non-hydrogen) atoms. The quantitative estimate of drug-likeness (QED) is 0.797. The third-order valence-corrected chi connectivity index (χ3v) is 3.01. The fraction of sp³-hybridized carbons (Fsp3) is 0.533. The van der Waals surface area contributed by atoms with E-state index in [1.807, 2.05) is 26.0 Å². The summed E-state index contributed by atoms with van der Waals surface area (Å²) in [4.78, 5) is 11.9. The van der Waals surface area contributed by atoms with Gasteiger partial charge in [0, 0.05) is 18.2 Å². The molecule has 0 saturated carbocycles. The maximum Gasteiger partial charge on any atom is 0.237 e. The van der Waals surface area contributed by atoms with Crippen LogP contribution in [0, 0.1) is 5.92 Å². The molecule has 0 spiro atoms. The highest BCUT2D eigenvalue weighted by atomic mass is 16.5. The zero-order valence-corrected chi connectivity index (χ0v) is 12.6. The third kappa shape index (κ3) is 4.74. The van der Waals surface area contributed by atoms with Crippen molar-refractivity contribution < 1.29 is 14.3 Å². The molecule has 0 saturated heterocycles. The van der Waals surface area contributed by atoms with E-state index >= 15 is 0 Å². The van der Waals surface area contributed by atoms with Crippen LogP contribution in [0.15, 0.2) is 18.2 Å². The zero-order chi connectivity index (χ0) is 15.1. The first kappa shape index (κ1) is 16.3. The standard InChI is InChI=1S/C15H24N2O3/c1-10(2)7-13(16)15(18)17-9-11-5-6-12(19-3)8-14(11)20-4/h5-6,8,10,13H,7,9,16H2,1-4H3,(H,17,18)/t13-/m0/s1. The van der Waals surface area contributed by atoms with Crippen LogP contribution >= 0.6 is 0 Å². The normalized spacial score (nSPS) is 12.1. The molecule has 0 bridgehead atoms. The van der Waals surface area contributed by atoms with E-state index in [-0.39, 0.29) is 5.91 Å². The number of methoxy groups -OCH3 is 2. The van der Waals surface area contributed by atoms with E-state index in [2.05, 4.69) is 5.32 Å². The van der Waals surface area contributed by atoms with E-state index in [4.69, 9.17) is 15.2 Å².